The highest BCUT2D eigenvalue weighted by atomic mass is 15.4. The molecule has 4 heterocycles. The van der Waals surface area contributed by atoms with Gasteiger partial charge in [0, 0.05) is 25.8 Å². The van der Waals surface area contributed by atoms with Crippen LogP contribution in [0, 0.1) is 17.8 Å². The van der Waals surface area contributed by atoms with E-state index in [1.165, 1.54) is 19.6 Å². The van der Waals surface area contributed by atoms with Crippen molar-refractivity contribution in [3.8, 4) is 0 Å². The van der Waals surface area contributed by atoms with Gasteiger partial charge in [-0.2, -0.15) is 0 Å². The van der Waals surface area contributed by atoms with E-state index in [1.54, 1.807) is 37.7 Å². The first-order valence-electron chi connectivity index (χ1n) is 6.59. The summed E-state index contributed by atoms with van der Waals surface area (Å²) in [6, 6.07) is 0. The SMILES string of the molecule is C1=CN=NNC=C1.C1C2CC3CC1CN(C2)C3. The Hall–Kier alpha value is -1.16. The third-order valence-electron chi connectivity index (χ3n) is 4.10. The molecule has 0 radical (unpaired) electrons. The molecule has 5 rings (SSSR count). The van der Waals surface area contributed by atoms with E-state index >= 15 is 0 Å². The van der Waals surface area contributed by atoms with Crippen molar-refractivity contribution < 1.29 is 0 Å². The Bertz CT molecular complexity index is 275. The molecule has 4 heteroatoms. The van der Waals surface area contributed by atoms with Crippen molar-refractivity contribution in [3.63, 3.8) is 0 Å². The Morgan fingerprint density at radius 3 is 2.18 bits per heavy atom. The van der Waals surface area contributed by atoms with Crippen LogP contribution in [0.5, 0.6) is 0 Å². The maximum atomic E-state index is 3.54. The Morgan fingerprint density at radius 2 is 1.59 bits per heavy atom. The third-order valence-corrected chi connectivity index (χ3v) is 4.10. The van der Waals surface area contributed by atoms with Crippen molar-refractivity contribution in [1.29, 1.82) is 0 Å². The van der Waals surface area contributed by atoms with Gasteiger partial charge in [0.05, 0.1) is 6.20 Å². The number of piperidine rings is 3. The second-order valence-electron chi connectivity index (χ2n) is 5.57. The molecule has 1 N–H and O–H groups in total. The zero-order valence-electron chi connectivity index (χ0n) is 10.1. The van der Waals surface area contributed by atoms with Crippen LogP contribution in [-0.4, -0.2) is 24.5 Å². The Balaban J connectivity index is 0.000000115. The molecule has 0 atom stereocenters. The lowest BCUT2D eigenvalue weighted by Crippen LogP contribution is -2.53. The van der Waals surface area contributed by atoms with E-state index in [2.05, 4.69) is 20.7 Å². The molecule has 4 fully saturated rings. The van der Waals surface area contributed by atoms with Crippen LogP contribution in [0.25, 0.3) is 0 Å². The molecule has 17 heavy (non-hydrogen) atoms. The van der Waals surface area contributed by atoms with Crippen LogP contribution in [0.1, 0.15) is 19.3 Å². The lowest BCUT2D eigenvalue weighted by molar-refractivity contribution is -0.0169. The van der Waals surface area contributed by atoms with Crippen molar-refractivity contribution >= 4 is 0 Å². The molecule has 1 saturated carbocycles. The molecule has 5 aliphatic rings. The lowest BCUT2D eigenvalue weighted by Gasteiger charge is -2.51. The first-order chi connectivity index (χ1) is 8.40. The minimum Gasteiger partial charge on any atom is -0.303 e. The standard InChI is InChI=1S/C9H15N.C4H5N3/c1-7-2-9-3-8(1)5-10(4-7)6-9;1-2-4-6-7-5-3-1/h7-9H,1-6H2;1-4H,(H,5,6). The molecule has 4 nitrogen and oxygen atoms in total. The van der Waals surface area contributed by atoms with Gasteiger partial charge in [0.1, 0.15) is 0 Å². The molecule has 0 unspecified atom stereocenters. The monoisotopic (exact) mass is 232 g/mol. The number of hydrogen-bond donors (Lipinski definition) is 1. The number of hydrogen-bond acceptors (Lipinski definition) is 4. The fourth-order valence-corrected chi connectivity index (χ4v) is 3.76. The van der Waals surface area contributed by atoms with Gasteiger partial charge < -0.3 is 4.90 Å². The largest absolute Gasteiger partial charge is 0.303 e. The fourth-order valence-electron chi connectivity index (χ4n) is 3.76. The number of nitrogens with one attached hydrogen (secondary N) is 1. The number of rotatable bonds is 0. The average molecular weight is 232 g/mol. The predicted molar refractivity (Wildman–Crippen MR) is 67.0 cm³/mol. The molecule has 4 bridgehead atoms. The second kappa shape index (κ2) is 5.00. The zero-order valence-corrected chi connectivity index (χ0v) is 10.1. The summed E-state index contributed by atoms with van der Waals surface area (Å²) in [5.41, 5.74) is 2.56. The highest BCUT2D eigenvalue weighted by Gasteiger charge is 2.40. The van der Waals surface area contributed by atoms with E-state index in [-0.39, 0.29) is 0 Å². The molecule has 0 aromatic heterocycles. The Morgan fingerprint density at radius 1 is 0.941 bits per heavy atom. The summed E-state index contributed by atoms with van der Waals surface area (Å²) in [5.74, 6) is 3.31. The van der Waals surface area contributed by atoms with Crippen molar-refractivity contribution in [1.82, 2.24) is 10.3 Å². The van der Waals surface area contributed by atoms with Gasteiger partial charge in [0.25, 0.3) is 0 Å². The van der Waals surface area contributed by atoms with Crippen LogP contribution < -0.4 is 5.43 Å². The molecule has 1 aliphatic carbocycles. The summed E-state index contributed by atoms with van der Waals surface area (Å²) in [6.45, 7) is 4.31. The zero-order chi connectivity index (χ0) is 11.5. The number of nitrogens with zero attached hydrogens (tertiary/aromatic N) is 3. The Labute approximate surface area is 102 Å². The van der Waals surface area contributed by atoms with E-state index in [9.17, 15) is 0 Å². The smallest absolute Gasteiger partial charge is 0.0513 e. The summed E-state index contributed by atoms with van der Waals surface area (Å²) in [7, 11) is 0. The molecule has 92 valence electrons. The summed E-state index contributed by atoms with van der Waals surface area (Å²) < 4.78 is 0. The second-order valence-corrected chi connectivity index (χ2v) is 5.57. The molecule has 4 aliphatic heterocycles. The van der Waals surface area contributed by atoms with Gasteiger partial charge in [-0.15, -0.1) is 5.11 Å². The quantitative estimate of drug-likeness (QED) is 0.696. The van der Waals surface area contributed by atoms with Gasteiger partial charge >= 0.3 is 0 Å². The van der Waals surface area contributed by atoms with Crippen LogP contribution in [0.15, 0.2) is 34.9 Å². The molecule has 3 saturated heterocycles. The van der Waals surface area contributed by atoms with Crippen molar-refractivity contribution in [3.05, 3.63) is 24.6 Å². The molecule has 0 aromatic rings. The van der Waals surface area contributed by atoms with Gasteiger partial charge in [0.15, 0.2) is 0 Å². The normalized spacial score (nSPS) is 40.5. The molecular formula is C13H20N4. The fraction of sp³-hybridized carbons (Fsp3) is 0.692. The molecule has 0 amide bonds. The van der Waals surface area contributed by atoms with E-state index in [0.717, 1.165) is 17.8 Å². The van der Waals surface area contributed by atoms with Crippen molar-refractivity contribution in [2.45, 2.75) is 19.3 Å². The molecule has 0 aromatic carbocycles. The van der Waals surface area contributed by atoms with E-state index < -0.39 is 0 Å². The van der Waals surface area contributed by atoms with Crippen molar-refractivity contribution in [2.24, 2.45) is 28.1 Å². The van der Waals surface area contributed by atoms with E-state index in [0.29, 0.717) is 0 Å². The maximum absolute atomic E-state index is 3.54. The van der Waals surface area contributed by atoms with Crippen LogP contribution in [-0.2, 0) is 0 Å². The van der Waals surface area contributed by atoms with Crippen LogP contribution >= 0.6 is 0 Å². The van der Waals surface area contributed by atoms with Gasteiger partial charge in [-0.25, -0.2) is 0 Å². The van der Waals surface area contributed by atoms with Gasteiger partial charge in [-0.3, -0.25) is 5.43 Å². The summed E-state index contributed by atoms with van der Waals surface area (Å²) in [4.78, 5) is 2.69. The summed E-state index contributed by atoms with van der Waals surface area (Å²) in [6.07, 6.45) is 11.6. The first-order valence-corrected chi connectivity index (χ1v) is 6.59. The highest BCUT2D eigenvalue weighted by Crippen LogP contribution is 2.42. The van der Waals surface area contributed by atoms with E-state index in [1.807, 2.05) is 6.08 Å². The van der Waals surface area contributed by atoms with Gasteiger partial charge in [0.2, 0.25) is 0 Å². The van der Waals surface area contributed by atoms with Crippen molar-refractivity contribution in [2.75, 3.05) is 19.6 Å². The minimum absolute atomic E-state index is 1.10. The van der Waals surface area contributed by atoms with Crippen LogP contribution in [0.3, 0.4) is 0 Å². The molecular weight excluding hydrogens is 212 g/mol. The van der Waals surface area contributed by atoms with Crippen LogP contribution in [0.4, 0.5) is 0 Å². The Kier molecular flexibility index (Phi) is 3.22. The third kappa shape index (κ3) is 2.75. The van der Waals surface area contributed by atoms with E-state index in [4.69, 9.17) is 0 Å². The van der Waals surface area contributed by atoms with Gasteiger partial charge in [-0.1, -0.05) is 5.22 Å². The summed E-state index contributed by atoms with van der Waals surface area (Å²) in [5, 5.41) is 7.01. The topological polar surface area (TPSA) is 40.0 Å². The maximum Gasteiger partial charge on any atom is 0.0513 e. The molecule has 0 spiro atoms. The minimum atomic E-state index is 1.10. The average Bonchev–Trinajstić information content (AvgIpc) is 2.59. The first kappa shape index (κ1) is 11.0. The predicted octanol–water partition coefficient (Wildman–Crippen LogP) is 2.33. The summed E-state index contributed by atoms with van der Waals surface area (Å²) >= 11 is 0. The lowest BCUT2D eigenvalue weighted by atomic mass is 9.68. The number of allylic oxidation sites excluding steroid dienone is 2. The highest BCUT2D eigenvalue weighted by molar-refractivity contribution is 5.01. The van der Waals surface area contributed by atoms with Gasteiger partial charge in [-0.05, 0) is 49.2 Å². The van der Waals surface area contributed by atoms with Crippen LogP contribution in [0.2, 0.25) is 0 Å².